The molecular weight excluding hydrogens is 220 g/mol. The van der Waals surface area contributed by atoms with Gasteiger partial charge >= 0.3 is 0 Å². The normalized spacial score (nSPS) is 31.6. The Labute approximate surface area is 102 Å². The summed E-state index contributed by atoms with van der Waals surface area (Å²) in [7, 11) is 0. The molecule has 1 aromatic carbocycles. The van der Waals surface area contributed by atoms with E-state index in [4.69, 9.17) is 11.8 Å². The van der Waals surface area contributed by atoms with Crippen molar-refractivity contribution >= 4 is 11.8 Å². The predicted octanol–water partition coefficient (Wildman–Crippen LogP) is 2.57. The largest absolute Gasteiger partial charge is 0.310 e. The third kappa shape index (κ3) is 1.97. The van der Waals surface area contributed by atoms with E-state index in [2.05, 4.69) is 35.6 Å². The first-order valence-corrected chi connectivity index (χ1v) is 6.41. The Hall–Kier alpha value is -0.570. The molecule has 16 heavy (non-hydrogen) atoms. The molecule has 0 spiro atoms. The maximum atomic E-state index is 6.38. The van der Waals surface area contributed by atoms with Gasteiger partial charge in [0.15, 0.2) is 0 Å². The molecule has 1 aromatic rings. The topological polar surface area (TPSA) is 15.3 Å². The Morgan fingerprint density at radius 2 is 1.94 bits per heavy atom. The van der Waals surface area contributed by atoms with Gasteiger partial charge in [-0.15, -0.1) is 0 Å². The number of piperazine rings is 1. The molecule has 0 aromatic heterocycles. The van der Waals surface area contributed by atoms with Crippen LogP contribution in [0, 0.1) is 5.92 Å². The van der Waals surface area contributed by atoms with E-state index in [0.29, 0.717) is 12.1 Å². The van der Waals surface area contributed by atoms with Crippen LogP contribution in [-0.2, 0) is 0 Å². The maximum Gasteiger partial charge on any atom is 0.0657 e. The van der Waals surface area contributed by atoms with Gasteiger partial charge in [0.1, 0.15) is 0 Å². The van der Waals surface area contributed by atoms with E-state index in [1.54, 1.807) is 0 Å². The second kappa shape index (κ2) is 4.36. The van der Waals surface area contributed by atoms with Crippen LogP contribution in [0.25, 0.3) is 0 Å². The molecule has 2 aliphatic rings. The number of halogens is 1. The SMILES string of the molecule is ClN1CCNC(C2CC2)C1c1ccccc1. The predicted molar refractivity (Wildman–Crippen MR) is 66.3 cm³/mol. The average Bonchev–Trinajstić information content (AvgIpc) is 3.14. The smallest absolute Gasteiger partial charge is 0.0657 e. The van der Waals surface area contributed by atoms with E-state index < -0.39 is 0 Å². The molecule has 1 saturated heterocycles. The lowest BCUT2D eigenvalue weighted by atomic mass is 9.94. The Morgan fingerprint density at radius 1 is 1.19 bits per heavy atom. The van der Waals surface area contributed by atoms with E-state index in [-0.39, 0.29) is 0 Å². The first-order valence-electron chi connectivity index (χ1n) is 6.07. The van der Waals surface area contributed by atoms with Gasteiger partial charge in [-0.05, 0) is 36.1 Å². The van der Waals surface area contributed by atoms with Crippen molar-refractivity contribution in [1.82, 2.24) is 9.74 Å². The van der Waals surface area contributed by atoms with Crippen molar-refractivity contribution in [2.24, 2.45) is 5.92 Å². The van der Waals surface area contributed by atoms with Gasteiger partial charge in [0.25, 0.3) is 0 Å². The minimum Gasteiger partial charge on any atom is -0.310 e. The van der Waals surface area contributed by atoms with Crippen LogP contribution in [0.1, 0.15) is 24.4 Å². The van der Waals surface area contributed by atoms with Crippen LogP contribution < -0.4 is 5.32 Å². The average molecular weight is 237 g/mol. The van der Waals surface area contributed by atoms with Crippen LogP contribution in [-0.4, -0.2) is 23.6 Å². The van der Waals surface area contributed by atoms with Crippen molar-refractivity contribution < 1.29 is 0 Å². The zero-order valence-electron chi connectivity index (χ0n) is 9.27. The molecule has 3 heteroatoms. The Morgan fingerprint density at radius 3 is 2.62 bits per heavy atom. The van der Waals surface area contributed by atoms with Crippen molar-refractivity contribution in [2.45, 2.75) is 24.9 Å². The van der Waals surface area contributed by atoms with E-state index in [1.165, 1.54) is 18.4 Å². The Balaban J connectivity index is 1.88. The summed E-state index contributed by atoms with van der Waals surface area (Å²) in [6.07, 6.45) is 2.71. The van der Waals surface area contributed by atoms with E-state index >= 15 is 0 Å². The quantitative estimate of drug-likeness (QED) is 0.794. The summed E-state index contributed by atoms with van der Waals surface area (Å²) in [6, 6.07) is 11.5. The molecule has 1 heterocycles. The number of hydrogen-bond donors (Lipinski definition) is 1. The first-order chi connectivity index (χ1) is 7.86. The monoisotopic (exact) mass is 236 g/mol. The van der Waals surface area contributed by atoms with Crippen LogP contribution in [0.3, 0.4) is 0 Å². The maximum absolute atomic E-state index is 6.38. The fourth-order valence-corrected chi connectivity index (χ4v) is 2.98. The van der Waals surface area contributed by atoms with Crippen molar-refractivity contribution in [3.63, 3.8) is 0 Å². The highest BCUT2D eigenvalue weighted by atomic mass is 35.5. The van der Waals surface area contributed by atoms with Gasteiger partial charge in [-0.3, -0.25) is 0 Å². The number of rotatable bonds is 2. The van der Waals surface area contributed by atoms with Gasteiger partial charge < -0.3 is 5.32 Å². The highest BCUT2D eigenvalue weighted by molar-refractivity contribution is 6.13. The summed E-state index contributed by atoms with van der Waals surface area (Å²) in [4.78, 5) is 0. The standard InChI is InChI=1S/C13H17ClN2/c14-16-9-8-15-12(10-6-7-10)13(16)11-4-2-1-3-5-11/h1-5,10,12-13,15H,6-9H2. The molecule has 86 valence electrons. The second-order valence-corrected chi connectivity index (χ2v) is 5.23. The molecule has 2 fully saturated rings. The van der Waals surface area contributed by atoms with Gasteiger partial charge in [0.05, 0.1) is 6.04 Å². The summed E-state index contributed by atoms with van der Waals surface area (Å²) >= 11 is 6.38. The molecular formula is C13H17ClN2. The van der Waals surface area contributed by atoms with E-state index in [9.17, 15) is 0 Å². The molecule has 1 aliphatic carbocycles. The third-order valence-electron chi connectivity index (χ3n) is 3.62. The molecule has 2 atom stereocenters. The fraction of sp³-hybridized carbons (Fsp3) is 0.538. The molecule has 0 radical (unpaired) electrons. The van der Waals surface area contributed by atoms with Crippen molar-refractivity contribution in [2.75, 3.05) is 13.1 Å². The molecule has 2 nitrogen and oxygen atoms in total. The Kier molecular flexibility index (Phi) is 2.88. The lowest BCUT2D eigenvalue weighted by Crippen LogP contribution is -2.50. The molecule has 1 N–H and O–H groups in total. The minimum atomic E-state index is 0.337. The van der Waals surface area contributed by atoms with Crippen molar-refractivity contribution in [1.29, 1.82) is 0 Å². The van der Waals surface area contributed by atoms with Gasteiger partial charge in [-0.2, -0.15) is 0 Å². The number of nitrogens with one attached hydrogen (secondary N) is 1. The molecule has 3 rings (SSSR count). The summed E-state index contributed by atoms with van der Waals surface area (Å²) in [5.41, 5.74) is 1.33. The second-order valence-electron chi connectivity index (χ2n) is 4.80. The lowest BCUT2D eigenvalue weighted by molar-refractivity contribution is 0.200. The third-order valence-corrected chi connectivity index (χ3v) is 4.00. The van der Waals surface area contributed by atoms with Gasteiger partial charge in [-0.25, -0.2) is 4.42 Å². The van der Waals surface area contributed by atoms with Gasteiger partial charge in [0.2, 0.25) is 0 Å². The zero-order valence-corrected chi connectivity index (χ0v) is 10.0. The van der Waals surface area contributed by atoms with Crippen LogP contribution >= 0.6 is 11.8 Å². The van der Waals surface area contributed by atoms with Crippen LogP contribution in [0.4, 0.5) is 0 Å². The first kappa shape index (κ1) is 10.6. The van der Waals surface area contributed by atoms with E-state index in [1.807, 2.05) is 4.42 Å². The fourth-order valence-electron chi connectivity index (χ4n) is 2.66. The molecule has 0 amide bonds. The molecule has 1 aliphatic heterocycles. The highest BCUT2D eigenvalue weighted by Crippen LogP contribution is 2.42. The number of benzene rings is 1. The number of nitrogens with zero attached hydrogens (tertiary/aromatic N) is 1. The minimum absolute atomic E-state index is 0.337. The number of hydrogen-bond acceptors (Lipinski definition) is 2. The summed E-state index contributed by atoms with van der Waals surface area (Å²) in [5.74, 6) is 0.826. The zero-order chi connectivity index (χ0) is 11.0. The summed E-state index contributed by atoms with van der Waals surface area (Å²) in [5, 5.41) is 3.63. The van der Waals surface area contributed by atoms with E-state index in [0.717, 1.165) is 19.0 Å². The summed E-state index contributed by atoms with van der Waals surface area (Å²) in [6.45, 7) is 1.93. The highest BCUT2D eigenvalue weighted by Gasteiger charge is 2.41. The van der Waals surface area contributed by atoms with Crippen LogP contribution in [0.2, 0.25) is 0 Å². The molecule has 1 saturated carbocycles. The van der Waals surface area contributed by atoms with Crippen LogP contribution in [0.5, 0.6) is 0 Å². The van der Waals surface area contributed by atoms with Gasteiger partial charge in [-0.1, -0.05) is 30.3 Å². The van der Waals surface area contributed by atoms with Gasteiger partial charge in [0, 0.05) is 19.1 Å². The van der Waals surface area contributed by atoms with Crippen molar-refractivity contribution in [3.8, 4) is 0 Å². The summed E-state index contributed by atoms with van der Waals surface area (Å²) < 4.78 is 1.98. The molecule has 0 bridgehead atoms. The molecule has 2 unspecified atom stereocenters. The van der Waals surface area contributed by atoms with Crippen molar-refractivity contribution in [3.05, 3.63) is 35.9 Å². The van der Waals surface area contributed by atoms with Crippen LogP contribution in [0.15, 0.2) is 30.3 Å². The lowest BCUT2D eigenvalue weighted by Gasteiger charge is -2.38. The Bertz CT molecular complexity index is 350.